The predicted octanol–water partition coefficient (Wildman–Crippen LogP) is 4.02. The third-order valence-corrected chi connectivity index (χ3v) is 5.44. The summed E-state index contributed by atoms with van der Waals surface area (Å²) in [6, 6.07) is 17.5. The van der Waals surface area contributed by atoms with E-state index in [4.69, 9.17) is 11.6 Å². The van der Waals surface area contributed by atoms with Crippen molar-refractivity contribution >= 4 is 34.1 Å². The molecule has 0 aliphatic carbocycles. The average molecular weight is 381 g/mol. The maximum absolute atomic E-state index is 12.9. The highest BCUT2D eigenvalue weighted by Gasteiger charge is 2.34. The molecule has 1 aliphatic rings. The van der Waals surface area contributed by atoms with Gasteiger partial charge < -0.3 is 9.80 Å². The first-order valence-electron chi connectivity index (χ1n) is 9.10. The van der Waals surface area contributed by atoms with E-state index in [0.717, 1.165) is 22.2 Å². The van der Waals surface area contributed by atoms with Gasteiger partial charge in [0.25, 0.3) is 5.91 Å². The van der Waals surface area contributed by atoms with Crippen molar-refractivity contribution in [2.75, 3.05) is 18.0 Å². The number of nitrogens with zero attached hydrogens (tertiary/aromatic N) is 4. The Balaban J connectivity index is 1.64. The molecule has 0 bridgehead atoms. The molecule has 0 spiro atoms. The zero-order chi connectivity index (χ0) is 19.0. The van der Waals surface area contributed by atoms with Crippen molar-refractivity contribution in [3.8, 4) is 0 Å². The van der Waals surface area contributed by atoms with Crippen LogP contribution >= 0.6 is 11.6 Å². The highest BCUT2D eigenvalue weighted by Crippen LogP contribution is 2.31. The van der Waals surface area contributed by atoms with Crippen LogP contribution in [-0.4, -0.2) is 46.2 Å². The van der Waals surface area contributed by atoms with E-state index in [9.17, 15) is 4.79 Å². The fraction of sp³-hybridized carbons (Fsp3) is 0.286. The molecule has 0 unspecified atom stereocenters. The Bertz CT molecular complexity index is 978. The van der Waals surface area contributed by atoms with Gasteiger partial charge in [0.2, 0.25) is 0 Å². The number of carbonyl (C=O) groups is 1. The summed E-state index contributed by atoms with van der Waals surface area (Å²) >= 11 is 6.22. The average Bonchev–Trinajstić information content (AvgIpc) is 2.70. The molecule has 0 N–H and O–H groups in total. The minimum Gasteiger partial charge on any atom is -0.348 e. The van der Waals surface area contributed by atoms with E-state index in [0.29, 0.717) is 18.2 Å². The number of hydrogen-bond donors (Lipinski definition) is 0. The van der Waals surface area contributed by atoms with Gasteiger partial charge in [-0.05, 0) is 26.0 Å². The molecule has 138 valence electrons. The van der Waals surface area contributed by atoms with Crippen LogP contribution in [0.25, 0.3) is 10.8 Å². The first-order chi connectivity index (χ1) is 13.1. The van der Waals surface area contributed by atoms with E-state index in [1.165, 1.54) is 0 Å². The first-order valence-corrected chi connectivity index (χ1v) is 9.47. The van der Waals surface area contributed by atoms with E-state index in [1.807, 2.05) is 59.5 Å². The number of benzene rings is 2. The lowest BCUT2D eigenvalue weighted by atomic mass is 10.0. The highest BCUT2D eigenvalue weighted by atomic mass is 35.5. The van der Waals surface area contributed by atoms with Gasteiger partial charge in [-0.3, -0.25) is 4.79 Å². The Labute approximate surface area is 163 Å². The zero-order valence-corrected chi connectivity index (χ0v) is 16.1. The highest BCUT2D eigenvalue weighted by molar-refractivity contribution is 6.34. The third-order valence-electron chi connectivity index (χ3n) is 5.16. The van der Waals surface area contributed by atoms with Crippen molar-refractivity contribution in [1.82, 2.24) is 15.1 Å². The summed E-state index contributed by atoms with van der Waals surface area (Å²) in [5.41, 5.74) is 0.724. The van der Waals surface area contributed by atoms with E-state index in [1.54, 1.807) is 0 Å². The van der Waals surface area contributed by atoms with Gasteiger partial charge in [-0.25, -0.2) is 0 Å². The second kappa shape index (κ2) is 7.16. The number of anilines is 1. The van der Waals surface area contributed by atoms with E-state index in [-0.39, 0.29) is 18.0 Å². The maximum Gasteiger partial charge on any atom is 0.254 e. The lowest BCUT2D eigenvalue weighted by molar-refractivity contribution is 0.0644. The van der Waals surface area contributed by atoms with Crippen LogP contribution in [-0.2, 0) is 0 Å². The number of hydrogen-bond acceptors (Lipinski definition) is 4. The van der Waals surface area contributed by atoms with E-state index >= 15 is 0 Å². The largest absolute Gasteiger partial charge is 0.348 e. The molecular formula is C21H21ClN4O. The van der Waals surface area contributed by atoms with Crippen LogP contribution in [0.2, 0.25) is 5.15 Å². The minimum absolute atomic E-state index is 0.0603. The molecule has 4 rings (SSSR count). The van der Waals surface area contributed by atoms with Crippen molar-refractivity contribution in [2.45, 2.75) is 25.9 Å². The number of carbonyl (C=O) groups excluding carboxylic acids is 1. The molecule has 0 saturated carbocycles. The lowest BCUT2D eigenvalue weighted by Gasteiger charge is -2.44. The van der Waals surface area contributed by atoms with Gasteiger partial charge in [-0.15, -0.1) is 10.2 Å². The summed E-state index contributed by atoms with van der Waals surface area (Å²) in [5.74, 6) is 0.891. The molecule has 0 radical (unpaired) electrons. The number of amides is 1. The molecule has 1 aromatic heterocycles. The Morgan fingerprint density at radius 1 is 0.926 bits per heavy atom. The summed E-state index contributed by atoms with van der Waals surface area (Å²) in [6.45, 7) is 5.51. The quantitative estimate of drug-likeness (QED) is 0.673. The summed E-state index contributed by atoms with van der Waals surface area (Å²) < 4.78 is 0. The number of fused-ring (bicyclic) bond motifs is 1. The molecule has 3 aromatic rings. The van der Waals surface area contributed by atoms with Crippen LogP contribution in [0.15, 0.2) is 54.6 Å². The SMILES string of the molecule is C[C@H]1CN(c2nnc(Cl)c3ccccc23)[C@@H](C)CN1C(=O)c1ccccc1. The van der Waals surface area contributed by atoms with Crippen LogP contribution in [0.1, 0.15) is 24.2 Å². The fourth-order valence-corrected chi connectivity index (χ4v) is 3.92. The van der Waals surface area contributed by atoms with Gasteiger partial charge in [0.15, 0.2) is 11.0 Å². The summed E-state index contributed by atoms with van der Waals surface area (Å²) in [7, 11) is 0. The normalized spacial score (nSPS) is 20.1. The Morgan fingerprint density at radius 2 is 1.59 bits per heavy atom. The maximum atomic E-state index is 12.9. The standard InChI is InChI=1S/C21H21ClN4O/c1-14-13-26(21(27)16-8-4-3-5-9-16)15(2)12-25(14)20-18-11-7-6-10-17(18)19(22)23-24-20/h3-11,14-15H,12-13H2,1-2H3/t14-,15-/m0/s1. The topological polar surface area (TPSA) is 49.3 Å². The van der Waals surface area contributed by atoms with Gasteiger partial charge in [0, 0.05) is 41.5 Å². The summed E-state index contributed by atoms with van der Waals surface area (Å²) in [6.07, 6.45) is 0. The molecule has 27 heavy (non-hydrogen) atoms. The van der Waals surface area contributed by atoms with Crippen LogP contribution < -0.4 is 4.90 Å². The number of aromatic nitrogens is 2. The summed E-state index contributed by atoms with van der Waals surface area (Å²) in [5, 5.41) is 10.8. The second-order valence-electron chi connectivity index (χ2n) is 7.03. The molecule has 2 atom stereocenters. The van der Waals surface area contributed by atoms with Crippen molar-refractivity contribution in [1.29, 1.82) is 0 Å². The van der Waals surface area contributed by atoms with Crippen molar-refractivity contribution in [3.05, 3.63) is 65.3 Å². The van der Waals surface area contributed by atoms with E-state index in [2.05, 4.69) is 28.9 Å². The first kappa shape index (κ1) is 17.7. The molecule has 1 aliphatic heterocycles. The fourth-order valence-electron chi connectivity index (χ4n) is 3.72. The van der Waals surface area contributed by atoms with Crippen LogP contribution in [0, 0.1) is 0 Å². The van der Waals surface area contributed by atoms with Crippen LogP contribution in [0.4, 0.5) is 5.82 Å². The molecule has 2 aromatic carbocycles. The zero-order valence-electron chi connectivity index (χ0n) is 15.3. The smallest absolute Gasteiger partial charge is 0.254 e. The monoisotopic (exact) mass is 380 g/mol. The number of piperazine rings is 1. The number of rotatable bonds is 2. The van der Waals surface area contributed by atoms with Crippen molar-refractivity contribution < 1.29 is 4.79 Å². The minimum atomic E-state index is 0.0603. The van der Waals surface area contributed by atoms with Crippen molar-refractivity contribution in [3.63, 3.8) is 0 Å². The second-order valence-corrected chi connectivity index (χ2v) is 7.39. The van der Waals surface area contributed by atoms with Crippen LogP contribution in [0.5, 0.6) is 0 Å². The molecule has 6 heteroatoms. The van der Waals surface area contributed by atoms with Gasteiger partial charge >= 0.3 is 0 Å². The van der Waals surface area contributed by atoms with Gasteiger partial charge in [-0.1, -0.05) is 54.1 Å². The summed E-state index contributed by atoms with van der Waals surface area (Å²) in [4.78, 5) is 17.1. The van der Waals surface area contributed by atoms with Gasteiger partial charge in [-0.2, -0.15) is 0 Å². The third kappa shape index (κ3) is 3.23. The van der Waals surface area contributed by atoms with Crippen LogP contribution in [0.3, 0.4) is 0 Å². The van der Waals surface area contributed by atoms with E-state index < -0.39 is 0 Å². The molecule has 1 amide bonds. The Kier molecular flexibility index (Phi) is 4.70. The molecule has 1 saturated heterocycles. The van der Waals surface area contributed by atoms with Gasteiger partial charge in [0.1, 0.15) is 0 Å². The number of halogens is 1. The lowest BCUT2D eigenvalue weighted by Crippen LogP contribution is -2.58. The molecule has 5 nitrogen and oxygen atoms in total. The van der Waals surface area contributed by atoms with Crippen molar-refractivity contribution in [2.24, 2.45) is 0 Å². The van der Waals surface area contributed by atoms with Gasteiger partial charge in [0.05, 0.1) is 0 Å². The molecule has 2 heterocycles. The molecular weight excluding hydrogens is 360 g/mol. The molecule has 1 fully saturated rings. The Hall–Kier alpha value is -2.66. The predicted molar refractivity (Wildman–Crippen MR) is 108 cm³/mol. The Morgan fingerprint density at radius 3 is 2.33 bits per heavy atom.